The molecule has 0 aliphatic rings. The molecule has 22 heavy (non-hydrogen) atoms. The second-order valence-electron chi connectivity index (χ2n) is 5.83. The summed E-state index contributed by atoms with van der Waals surface area (Å²) in [6.07, 6.45) is 4.53. The summed E-state index contributed by atoms with van der Waals surface area (Å²) >= 11 is 0. The van der Waals surface area contributed by atoms with E-state index in [-0.39, 0.29) is 5.43 Å². The Balaban J connectivity index is 1.98. The molecule has 5 nitrogen and oxygen atoms in total. The van der Waals surface area contributed by atoms with Gasteiger partial charge in [-0.2, -0.15) is 0 Å². The van der Waals surface area contributed by atoms with E-state index in [1.54, 1.807) is 18.2 Å². The number of benzene rings is 1. The first-order chi connectivity index (χ1) is 10.3. The van der Waals surface area contributed by atoms with Crippen molar-refractivity contribution in [2.45, 2.75) is 26.4 Å². The minimum absolute atomic E-state index is 0.0802. The molecule has 1 heterocycles. The van der Waals surface area contributed by atoms with Gasteiger partial charge in [-0.1, -0.05) is 18.2 Å². The molecule has 0 radical (unpaired) electrons. The number of nitrogens with one attached hydrogen (secondary N) is 1. The normalized spacial score (nSPS) is 11.8. The fourth-order valence-corrected chi connectivity index (χ4v) is 1.86. The van der Waals surface area contributed by atoms with E-state index in [9.17, 15) is 9.59 Å². The van der Waals surface area contributed by atoms with Crippen LogP contribution in [-0.4, -0.2) is 18.2 Å². The van der Waals surface area contributed by atoms with Crippen molar-refractivity contribution in [3.8, 4) is 0 Å². The summed E-state index contributed by atoms with van der Waals surface area (Å²) in [6, 6.07) is 6.73. The minimum Gasteiger partial charge on any atom is -0.464 e. The van der Waals surface area contributed by atoms with Crippen molar-refractivity contribution in [3.63, 3.8) is 0 Å². The van der Waals surface area contributed by atoms with E-state index in [1.807, 2.05) is 32.9 Å². The zero-order chi connectivity index (χ0) is 16.2. The topological polar surface area (TPSA) is 68.5 Å². The molecule has 0 saturated carbocycles. The molecule has 0 fully saturated rings. The molecular weight excluding hydrogens is 282 g/mol. The zero-order valence-electron chi connectivity index (χ0n) is 12.9. The Bertz CT molecular complexity index is 753. The molecule has 2 aromatic rings. The first-order valence-corrected chi connectivity index (χ1v) is 7.00. The monoisotopic (exact) mass is 301 g/mol. The van der Waals surface area contributed by atoms with Gasteiger partial charge in [0.1, 0.15) is 11.2 Å². The third-order valence-corrected chi connectivity index (χ3v) is 2.76. The maximum atomic E-state index is 11.7. The highest BCUT2D eigenvalue weighted by Crippen LogP contribution is 2.13. The van der Waals surface area contributed by atoms with Crippen molar-refractivity contribution in [3.05, 3.63) is 52.4 Å². The predicted molar refractivity (Wildman–Crippen MR) is 85.8 cm³/mol. The smallest absolute Gasteiger partial charge is 0.407 e. The second kappa shape index (κ2) is 6.47. The van der Waals surface area contributed by atoms with Gasteiger partial charge in [-0.25, -0.2) is 4.79 Å². The number of carbonyl (C=O) groups is 1. The summed E-state index contributed by atoms with van der Waals surface area (Å²) < 4.78 is 10.4. The van der Waals surface area contributed by atoms with E-state index in [0.717, 1.165) is 5.56 Å². The highest BCUT2D eigenvalue weighted by molar-refractivity contribution is 5.79. The molecule has 0 bridgehead atoms. The van der Waals surface area contributed by atoms with Gasteiger partial charge in [-0.15, -0.1) is 0 Å². The molecule has 1 amide bonds. The van der Waals surface area contributed by atoms with Crippen LogP contribution in [0, 0.1) is 0 Å². The van der Waals surface area contributed by atoms with Crippen LogP contribution in [0.15, 0.2) is 45.8 Å². The largest absolute Gasteiger partial charge is 0.464 e. The predicted octanol–water partition coefficient (Wildman–Crippen LogP) is 3.33. The summed E-state index contributed by atoms with van der Waals surface area (Å²) in [5, 5.41) is 3.16. The molecule has 1 N–H and O–H groups in total. The first-order valence-electron chi connectivity index (χ1n) is 7.00. The van der Waals surface area contributed by atoms with Crippen LogP contribution in [0.2, 0.25) is 0 Å². The number of ether oxygens (including phenoxy) is 1. The van der Waals surface area contributed by atoms with E-state index >= 15 is 0 Å². The van der Waals surface area contributed by atoms with E-state index in [1.165, 1.54) is 12.3 Å². The lowest BCUT2D eigenvalue weighted by Crippen LogP contribution is -2.32. The van der Waals surface area contributed by atoms with Crippen LogP contribution in [0.1, 0.15) is 26.3 Å². The van der Waals surface area contributed by atoms with Gasteiger partial charge in [0.25, 0.3) is 0 Å². The third kappa shape index (κ3) is 4.48. The van der Waals surface area contributed by atoms with Gasteiger partial charge in [-0.3, -0.25) is 4.79 Å². The molecule has 0 aliphatic carbocycles. The van der Waals surface area contributed by atoms with Gasteiger partial charge >= 0.3 is 6.09 Å². The number of hydrogen-bond donors (Lipinski definition) is 1. The van der Waals surface area contributed by atoms with E-state index in [2.05, 4.69) is 5.32 Å². The van der Waals surface area contributed by atoms with E-state index in [0.29, 0.717) is 17.5 Å². The van der Waals surface area contributed by atoms with Crippen LogP contribution < -0.4 is 10.7 Å². The number of fused-ring (bicyclic) bond motifs is 1. The molecular formula is C17H19NO4. The lowest BCUT2D eigenvalue weighted by atomic mass is 10.1. The number of rotatable bonds is 3. The summed E-state index contributed by atoms with van der Waals surface area (Å²) in [6.45, 7) is 5.77. The summed E-state index contributed by atoms with van der Waals surface area (Å²) in [5.74, 6) is 0. The van der Waals surface area contributed by atoms with Gasteiger partial charge < -0.3 is 14.5 Å². The number of amides is 1. The molecule has 2 rings (SSSR count). The standard InChI is InChI=1S/C17H19NO4/c1-17(2,3)22-16(20)18-9-4-5-12-6-7-15-13(11-12)14(19)8-10-21-15/h4-8,10-11H,9H2,1-3H3,(H,18,20). The van der Waals surface area contributed by atoms with Crippen molar-refractivity contribution >= 4 is 23.1 Å². The molecule has 116 valence electrons. The van der Waals surface area contributed by atoms with Crippen molar-refractivity contribution < 1.29 is 13.9 Å². The fourth-order valence-electron chi connectivity index (χ4n) is 1.86. The molecule has 0 spiro atoms. The maximum absolute atomic E-state index is 11.7. The highest BCUT2D eigenvalue weighted by Gasteiger charge is 2.14. The Kier molecular flexibility index (Phi) is 4.65. The first kappa shape index (κ1) is 15.8. The van der Waals surface area contributed by atoms with Crippen LogP contribution >= 0.6 is 0 Å². The molecule has 0 atom stereocenters. The van der Waals surface area contributed by atoms with Crippen LogP contribution in [-0.2, 0) is 4.74 Å². The maximum Gasteiger partial charge on any atom is 0.407 e. The van der Waals surface area contributed by atoms with Crippen LogP contribution in [0.3, 0.4) is 0 Å². The van der Waals surface area contributed by atoms with Gasteiger partial charge in [-0.05, 0) is 38.5 Å². The highest BCUT2D eigenvalue weighted by atomic mass is 16.6. The van der Waals surface area contributed by atoms with Crippen molar-refractivity contribution in [1.29, 1.82) is 0 Å². The summed E-state index contributed by atoms with van der Waals surface area (Å²) in [4.78, 5) is 23.2. The number of alkyl carbamates (subject to hydrolysis) is 1. The van der Waals surface area contributed by atoms with Crippen molar-refractivity contribution in [2.75, 3.05) is 6.54 Å². The molecule has 0 aliphatic heterocycles. The van der Waals surface area contributed by atoms with E-state index < -0.39 is 11.7 Å². The Hall–Kier alpha value is -2.56. The van der Waals surface area contributed by atoms with Crippen LogP contribution in [0.25, 0.3) is 17.0 Å². The Labute approximate surface area is 128 Å². The molecule has 0 saturated heterocycles. The average molecular weight is 301 g/mol. The molecule has 0 unspecified atom stereocenters. The van der Waals surface area contributed by atoms with E-state index in [4.69, 9.17) is 9.15 Å². The van der Waals surface area contributed by atoms with Gasteiger partial charge in [0.15, 0.2) is 5.43 Å². The summed E-state index contributed by atoms with van der Waals surface area (Å²) in [5.41, 5.74) is 0.817. The Morgan fingerprint density at radius 2 is 2.09 bits per heavy atom. The lowest BCUT2D eigenvalue weighted by Gasteiger charge is -2.19. The minimum atomic E-state index is -0.514. The Morgan fingerprint density at radius 3 is 2.82 bits per heavy atom. The van der Waals surface area contributed by atoms with Crippen molar-refractivity contribution in [1.82, 2.24) is 5.32 Å². The summed E-state index contributed by atoms with van der Waals surface area (Å²) in [7, 11) is 0. The van der Waals surface area contributed by atoms with Crippen molar-refractivity contribution in [2.24, 2.45) is 0 Å². The molecule has 5 heteroatoms. The third-order valence-electron chi connectivity index (χ3n) is 2.76. The second-order valence-corrected chi connectivity index (χ2v) is 5.83. The number of hydrogen-bond acceptors (Lipinski definition) is 4. The van der Waals surface area contributed by atoms with Crippen LogP contribution in [0.5, 0.6) is 0 Å². The van der Waals surface area contributed by atoms with Gasteiger partial charge in [0, 0.05) is 12.6 Å². The quantitative estimate of drug-likeness (QED) is 0.944. The average Bonchev–Trinajstić information content (AvgIpc) is 2.42. The SMILES string of the molecule is CC(C)(C)OC(=O)NCC=Cc1ccc2occc(=O)c2c1. The van der Waals surface area contributed by atoms with Gasteiger partial charge in [0.05, 0.1) is 11.6 Å². The Morgan fingerprint density at radius 1 is 1.32 bits per heavy atom. The fraction of sp³-hybridized carbons (Fsp3) is 0.294. The molecule has 1 aromatic heterocycles. The zero-order valence-corrected chi connectivity index (χ0v) is 12.9. The molecule has 1 aromatic carbocycles. The van der Waals surface area contributed by atoms with Gasteiger partial charge in [0.2, 0.25) is 0 Å². The lowest BCUT2D eigenvalue weighted by molar-refractivity contribution is 0.0534. The number of carbonyl (C=O) groups excluding carboxylic acids is 1. The van der Waals surface area contributed by atoms with Crippen LogP contribution in [0.4, 0.5) is 4.79 Å².